The summed E-state index contributed by atoms with van der Waals surface area (Å²) in [5.41, 5.74) is 7.46. The first-order chi connectivity index (χ1) is 8.08. The molecule has 94 valence electrons. The van der Waals surface area contributed by atoms with Gasteiger partial charge in [0, 0.05) is 12.6 Å². The van der Waals surface area contributed by atoms with E-state index in [1.54, 1.807) is 0 Å². The van der Waals surface area contributed by atoms with Crippen LogP contribution < -0.4 is 10.6 Å². The number of hydrogen-bond acceptors (Lipinski definition) is 2. The minimum Gasteiger partial charge on any atom is -0.397 e. The lowest BCUT2D eigenvalue weighted by Crippen LogP contribution is -2.28. The fourth-order valence-electron chi connectivity index (χ4n) is 2.07. The van der Waals surface area contributed by atoms with E-state index in [9.17, 15) is 4.39 Å². The van der Waals surface area contributed by atoms with Gasteiger partial charge in [-0.2, -0.15) is 0 Å². The molecule has 1 aromatic carbocycles. The Morgan fingerprint density at radius 1 is 1.41 bits per heavy atom. The average molecular weight is 236 g/mol. The zero-order valence-electron chi connectivity index (χ0n) is 10.6. The second-order valence-electron chi connectivity index (χ2n) is 5.31. The molecule has 2 nitrogen and oxygen atoms in total. The monoisotopic (exact) mass is 236 g/mol. The van der Waals surface area contributed by atoms with Gasteiger partial charge in [-0.1, -0.05) is 13.8 Å². The van der Waals surface area contributed by atoms with Gasteiger partial charge in [0.15, 0.2) is 0 Å². The molecule has 0 radical (unpaired) electrons. The third-order valence-electron chi connectivity index (χ3n) is 3.23. The van der Waals surface area contributed by atoms with Gasteiger partial charge >= 0.3 is 0 Å². The van der Waals surface area contributed by atoms with E-state index in [0.29, 0.717) is 17.6 Å². The molecule has 1 aromatic rings. The Kier molecular flexibility index (Phi) is 3.55. The summed E-state index contributed by atoms with van der Waals surface area (Å²) in [6, 6.07) is 5.33. The third-order valence-corrected chi connectivity index (χ3v) is 3.23. The molecular formula is C14H21FN2. The minimum atomic E-state index is -0.258. The molecule has 0 bridgehead atoms. The Balaban J connectivity index is 2.14. The molecule has 3 heteroatoms. The molecule has 0 unspecified atom stereocenters. The number of anilines is 2. The molecule has 0 spiro atoms. The van der Waals surface area contributed by atoms with E-state index in [-0.39, 0.29) is 5.82 Å². The Labute approximate surface area is 103 Å². The molecular weight excluding hydrogens is 215 g/mol. The molecule has 1 fully saturated rings. The Morgan fingerprint density at radius 2 is 2.12 bits per heavy atom. The van der Waals surface area contributed by atoms with Crippen LogP contribution in [0.15, 0.2) is 18.2 Å². The summed E-state index contributed by atoms with van der Waals surface area (Å²) in [7, 11) is 0. The SMILES string of the molecule is CC(C)CCN(c1ccc(F)cc1N)C1CC1. The molecule has 0 aromatic heterocycles. The number of rotatable bonds is 5. The summed E-state index contributed by atoms with van der Waals surface area (Å²) in [4.78, 5) is 2.34. The van der Waals surface area contributed by atoms with Crippen LogP contribution in [-0.2, 0) is 0 Å². The van der Waals surface area contributed by atoms with E-state index >= 15 is 0 Å². The van der Waals surface area contributed by atoms with Gasteiger partial charge in [-0.05, 0) is 43.4 Å². The van der Waals surface area contributed by atoms with E-state index in [1.165, 1.54) is 25.0 Å². The van der Waals surface area contributed by atoms with Crippen LogP contribution in [0.4, 0.5) is 15.8 Å². The molecule has 0 atom stereocenters. The van der Waals surface area contributed by atoms with Crippen molar-refractivity contribution in [2.45, 2.75) is 39.2 Å². The maximum atomic E-state index is 13.0. The Hall–Kier alpha value is -1.25. The first-order valence-corrected chi connectivity index (χ1v) is 6.39. The zero-order valence-corrected chi connectivity index (χ0v) is 10.6. The van der Waals surface area contributed by atoms with Crippen molar-refractivity contribution < 1.29 is 4.39 Å². The summed E-state index contributed by atoms with van der Waals surface area (Å²) < 4.78 is 13.0. The molecule has 0 amide bonds. The summed E-state index contributed by atoms with van der Waals surface area (Å²) in [6.45, 7) is 5.45. The second-order valence-corrected chi connectivity index (χ2v) is 5.31. The smallest absolute Gasteiger partial charge is 0.125 e. The highest BCUT2D eigenvalue weighted by atomic mass is 19.1. The number of nitrogens with zero attached hydrogens (tertiary/aromatic N) is 1. The fourth-order valence-corrected chi connectivity index (χ4v) is 2.07. The highest BCUT2D eigenvalue weighted by molar-refractivity contribution is 5.68. The first-order valence-electron chi connectivity index (χ1n) is 6.39. The van der Waals surface area contributed by atoms with Gasteiger partial charge in [0.2, 0.25) is 0 Å². The van der Waals surface area contributed by atoms with Crippen molar-refractivity contribution >= 4 is 11.4 Å². The van der Waals surface area contributed by atoms with Crippen LogP contribution >= 0.6 is 0 Å². The summed E-state index contributed by atoms with van der Waals surface area (Å²) in [5, 5.41) is 0. The molecule has 0 aliphatic heterocycles. The van der Waals surface area contributed by atoms with Gasteiger partial charge in [-0.25, -0.2) is 4.39 Å². The van der Waals surface area contributed by atoms with Crippen molar-refractivity contribution in [1.82, 2.24) is 0 Å². The lowest BCUT2D eigenvalue weighted by molar-refractivity contribution is 0.570. The van der Waals surface area contributed by atoms with Crippen molar-refractivity contribution in [2.75, 3.05) is 17.2 Å². The fraction of sp³-hybridized carbons (Fsp3) is 0.571. The van der Waals surface area contributed by atoms with Gasteiger partial charge in [0.25, 0.3) is 0 Å². The highest BCUT2D eigenvalue weighted by Crippen LogP contribution is 2.35. The van der Waals surface area contributed by atoms with Crippen molar-refractivity contribution in [1.29, 1.82) is 0 Å². The number of nitrogen functional groups attached to an aromatic ring is 1. The predicted molar refractivity (Wildman–Crippen MR) is 70.6 cm³/mol. The van der Waals surface area contributed by atoms with Gasteiger partial charge in [-0.3, -0.25) is 0 Å². The van der Waals surface area contributed by atoms with Crippen molar-refractivity contribution in [3.05, 3.63) is 24.0 Å². The third kappa shape index (κ3) is 3.11. The normalized spacial score (nSPS) is 15.3. The largest absolute Gasteiger partial charge is 0.397 e. The summed E-state index contributed by atoms with van der Waals surface area (Å²) >= 11 is 0. The molecule has 0 saturated heterocycles. The predicted octanol–water partition coefficient (Wildman–Crippen LogP) is 3.42. The molecule has 2 N–H and O–H groups in total. The Morgan fingerprint density at radius 3 is 2.65 bits per heavy atom. The van der Waals surface area contributed by atoms with Gasteiger partial charge in [0.05, 0.1) is 11.4 Å². The lowest BCUT2D eigenvalue weighted by atomic mass is 10.1. The molecule has 2 rings (SSSR count). The molecule has 17 heavy (non-hydrogen) atoms. The van der Waals surface area contributed by atoms with Crippen LogP contribution in [-0.4, -0.2) is 12.6 Å². The molecule has 0 heterocycles. The number of benzene rings is 1. The summed E-state index contributed by atoms with van der Waals surface area (Å²) in [6.07, 6.45) is 3.61. The maximum absolute atomic E-state index is 13.0. The van der Waals surface area contributed by atoms with Gasteiger partial charge in [0.1, 0.15) is 5.82 Å². The van der Waals surface area contributed by atoms with E-state index in [1.807, 2.05) is 6.07 Å². The van der Waals surface area contributed by atoms with E-state index in [2.05, 4.69) is 18.7 Å². The van der Waals surface area contributed by atoms with Crippen LogP contribution in [0.5, 0.6) is 0 Å². The lowest BCUT2D eigenvalue weighted by Gasteiger charge is -2.27. The average Bonchev–Trinajstić information content (AvgIpc) is 3.04. The van der Waals surface area contributed by atoms with Crippen molar-refractivity contribution in [3.8, 4) is 0 Å². The van der Waals surface area contributed by atoms with Gasteiger partial charge < -0.3 is 10.6 Å². The van der Waals surface area contributed by atoms with E-state index < -0.39 is 0 Å². The van der Waals surface area contributed by atoms with Crippen LogP contribution in [0, 0.1) is 11.7 Å². The van der Waals surface area contributed by atoms with E-state index in [0.717, 1.165) is 18.7 Å². The first kappa shape index (κ1) is 12.2. The highest BCUT2D eigenvalue weighted by Gasteiger charge is 2.30. The molecule has 1 saturated carbocycles. The number of halogens is 1. The second kappa shape index (κ2) is 4.94. The molecule has 1 aliphatic rings. The van der Waals surface area contributed by atoms with Crippen LogP contribution in [0.1, 0.15) is 33.1 Å². The minimum absolute atomic E-state index is 0.258. The standard InChI is InChI=1S/C14H21FN2/c1-10(2)7-8-17(12-4-5-12)14-6-3-11(15)9-13(14)16/h3,6,9-10,12H,4-5,7-8,16H2,1-2H3. The summed E-state index contributed by atoms with van der Waals surface area (Å²) in [5.74, 6) is 0.420. The van der Waals surface area contributed by atoms with E-state index in [4.69, 9.17) is 5.73 Å². The zero-order chi connectivity index (χ0) is 12.4. The topological polar surface area (TPSA) is 29.3 Å². The maximum Gasteiger partial charge on any atom is 0.125 e. The number of hydrogen-bond donors (Lipinski definition) is 1. The van der Waals surface area contributed by atoms with Crippen LogP contribution in [0.25, 0.3) is 0 Å². The Bertz CT molecular complexity index is 386. The van der Waals surface area contributed by atoms with Crippen LogP contribution in [0.2, 0.25) is 0 Å². The molecule has 1 aliphatic carbocycles. The van der Waals surface area contributed by atoms with Crippen molar-refractivity contribution in [3.63, 3.8) is 0 Å². The van der Waals surface area contributed by atoms with Crippen molar-refractivity contribution in [2.24, 2.45) is 5.92 Å². The van der Waals surface area contributed by atoms with Crippen LogP contribution in [0.3, 0.4) is 0 Å². The van der Waals surface area contributed by atoms with Gasteiger partial charge in [-0.15, -0.1) is 0 Å². The number of nitrogens with two attached hydrogens (primary N) is 1. The quantitative estimate of drug-likeness (QED) is 0.794.